The topological polar surface area (TPSA) is 75.7 Å². The Kier molecular flexibility index (Phi) is 7.06. The molecule has 0 unspecified atom stereocenters. The minimum absolute atomic E-state index is 0.242. The highest BCUT2D eigenvalue weighted by Crippen LogP contribution is 2.27. The molecule has 31 heavy (non-hydrogen) atoms. The fourth-order valence-electron chi connectivity index (χ4n) is 4.00. The van der Waals surface area contributed by atoms with Crippen LogP contribution < -0.4 is 10.1 Å². The van der Waals surface area contributed by atoms with E-state index in [-0.39, 0.29) is 10.8 Å². The standard InChI is InChI=1S/C24H32N2O4S/c1-16-13-17(2)15-26(14-16)31(28,29)22-11-9-21(10-12-22)25-24(27)20(5)30-23-8-6-7-18(3)19(23)4/h6-12,16-17,20H,13-15H2,1-5H3,(H,25,27)/t16-,17-,20+/m0/s1. The zero-order chi connectivity index (χ0) is 22.8. The number of benzene rings is 2. The van der Waals surface area contributed by atoms with Crippen molar-refractivity contribution in [1.29, 1.82) is 0 Å². The van der Waals surface area contributed by atoms with Crippen LogP contribution in [-0.2, 0) is 14.8 Å². The van der Waals surface area contributed by atoms with Crippen molar-refractivity contribution < 1.29 is 17.9 Å². The summed E-state index contributed by atoms with van der Waals surface area (Å²) in [5.41, 5.74) is 2.62. The summed E-state index contributed by atoms with van der Waals surface area (Å²) in [4.78, 5) is 12.8. The van der Waals surface area contributed by atoms with Crippen molar-refractivity contribution >= 4 is 21.6 Å². The number of carbonyl (C=O) groups excluding carboxylic acids is 1. The van der Waals surface area contributed by atoms with Crippen molar-refractivity contribution in [1.82, 2.24) is 4.31 Å². The van der Waals surface area contributed by atoms with Gasteiger partial charge in [0.15, 0.2) is 6.10 Å². The second-order valence-electron chi connectivity index (χ2n) is 8.74. The van der Waals surface area contributed by atoms with Crippen molar-refractivity contribution in [3.63, 3.8) is 0 Å². The normalized spacial score (nSPS) is 20.8. The molecule has 1 aliphatic rings. The van der Waals surface area contributed by atoms with E-state index in [4.69, 9.17) is 4.74 Å². The third kappa shape index (κ3) is 5.46. The predicted octanol–water partition coefficient (Wildman–Crippen LogP) is 4.38. The highest BCUT2D eigenvalue weighted by molar-refractivity contribution is 7.89. The van der Waals surface area contributed by atoms with Crippen LogP contribution in [0.4, 0.5) is 5.69 Å². The average molecular weight is 445 g/mol. The summed E-state index contributed by atoms with van der Waals surface area (Å²) in [6.45, 7) is 10.9. The van der Waals surface area contributed by atoms with E-state index < -0.39 is 16.1 Å². The van der Waals surface area contributed by atoms with E-state index in [2.05, 4.69) is 19.2 Å². The maximum Gasteiger partial charge on any atom is 0.265 e. The fourth-order valence-corrected chi connectivity index (χ4v) is 5.68. The molecule has 0 aliphatic carbocycles. The molecule has 6 nitrogen and oxygen atoms in total. The fraction of sp³-hybridized carbons (Fsp3) is 0.458. The molecule has 1 aliphatic heterocycles. The molecule has 0 saturated carbocycles. The summed E-state index contributed by atoms with van der Waals surface area (Å²) in [5.74, 6) is 1.07. The summed E-state index contributed by atoms with van der Waals surface area (Å²) in [6, 6.07) is 12.1. The van der Waals surface area contributed by atoms with Crippen molar-refractivity contribution in [2.24, 2.45) is 11.8 Å². The molecule has 168 valence electrons. The second-order valence-corrected chi connectivity index (χ2v) is 10.7. The Hall–Kier alpha value is -2.38. The maximum atomic E-state index is 13.0. The van der Waals surface area contributed by atoms with Gasteiger partial charge in [-0.1, -0.05) is 26.0 Å². The summed E-state index contributed by atoms with van der Waals surface area (Å²) in [5, 5.41) is 2.80. The number of nitrogens with zero attached hydrogens (tertiary/aromatic N) is 1. The maximum absolute atomic E-state index is 13.0. The van der Waals surface area contributed by atoms with Crippen molar-refractivity contribution in [3.05, 3.63) is 53.6 Å². The summed E-state index contributed by atoms with van der Waals surface area (Å²) in [6.07, 6.45) is 0.347. The second kappa shape index (κ2) is 9.40. The van der Waals surface area contributed by atoms with Crippen molar-refractivity contribution in [3.8, 4) is 5.75 Å². The van der Waals surface area contributed by atoms with E-state index >= 15 is 0 Å². The number of hydrogen-bond acceptors (Lipinski definition) is 4. The van der Waals surface area contributed by atoms with Crippen LogP contribution >= 0.6 is 0 Å². The lowest BCUT2D eigenvalue weighted by Gasteiger charge is -2.34. The summed E-state index contributed by atoms with van der Waals surface area (Å²) >= 11 is 0. The lowest BCUT2D eigenvalue weighted by molar-refractivity contribution is -0.122. The van der Waals surface area contributed by atoms with Crippen LogP contribution in [-0.4, -0.2) is 37.8 Å². The largest absolute Gasteiger partial charge is 0.481 e. The molecular formula is C24H32N2O4S. The van der Waals surface area contributed by atoms with Crippen LogP contribution in [0.2, 0.25) is 0 Å². The first-order valence-corrected chi connectivity index (χ1v) is 12.2. The number of amides is 1. The quantitative estimate of drug-likeness (QED) is 0.718. The molecule has 2 aromatic carbocycles. The predicted molar refractivity (Wildman–Crippen MR) is 123 cm³/mol. The highest BCUT2D eigenvalue weighted by Gasteiger charge is 2.31. The Balaban J connectivity index is 1.66. The van der Waals surface area contributed by atoms with Crippen LogP contribution in [0.5, 0.6) is 5.75 Å². The number of carbonyl (C=O) groups is 1. The van der Waals surface area contributed by atoms with Gasteiger partial charge in [-0.3, -0.25) is 4.79 Å². The minimum Gasteiger partial charge on any atom is -0.481 e. The number of anilines is 1. The van der Waals surface area contributed by atoms with E-state index in [1.54, 1.807) is 35.5 Å². The first-order valence-electron chi connectivity index (χ1n) is 10.7. The summed E-state index contributed by atoms with van der Waals surface area (Å²) in [7, 11) is -3.54. The smallest absolute Gasteiger partial charge is 0.265 e. The molecule has 3 rings (SSSR count). The number of nitrogens with one attached hydrogen (secondary N) is 1. The first kappa shape index (κ1) is 23.3. The monoisotopic (exact) mass is 444 g/mol. The zero-order valence-electron chi connectivity index (χ0n) is 18.9. The number of ether oxygens (including phenoxy) is 1. The molecule has 1 saturated heterocycles. The molecule has 1 N–H and O–H groups in total. The van der Waals surface area contributed by atoms with Crippen LogP contribution in [0.15, 0.2) is 47.4 Å². The minimum atomic E-state index is -3.54. The molecule has 0 bridgehead atoms. The highest BCUT2D eigenvalue weighted by atomic mass is 32.2. The molecule has 3 atom stereocenters. The van der Waals surface area contributed by atoms with Gasteiger partial charge in [0, 0.05) is 18.8 Å². The van der Waals surface area contributed by atoms with E-state index in [1.165, 1.54) is 0 Å². The molecule has 1 amide bonds. The van der Waals surface area contributed by atoms with E-state index in [9.17, 15) is 13.2 Å². The average Bonchev–Trinajstić information content (AvgIpc) is 2.71. The summed E-state index contributed by atoms with van der Waals surface area (Å²) < 4.78 is 33.4. The number of rotatable bonds is 6. The van der Waals surface area contributed by atoms with Gasteiger partial charge in [0.25, 0.3) is 5.91 Å². The molecule has 2 aromatic rings. The Morgan fingerprint density at radius 2 is 1.68 bits per heavy atom. The Morgan fingerprint density at radius 1 is 1.06 bits per heavy atom. The van der Waals surface area contributed by atoms with Crippen LogP contribution in [0, 0.1) is 25.7 Å². The molecule has 0 aromatic heterocycles. The number of hydrogen-bond donors (Lipinski definition) is 1. The van der Waals surface area contributed by atoms with Crippen LogP contribution in [0.25, 0.3) is 0 Å². The van der Waals surface area contributed by atoms with Gasteiger partial charge < -0.3 is 10.1 Å². The van der Waals surface area contributed by atoms with Gasteiger partial charge in [0.2, 0.25) is 10.0 Å². The lowest BCUT2D eigenvalue weighted by Crippen LogP contribution is -2.42. The van der Waals surface area contributed by atoms with E-state index in [1.807, 2.05) is 32.0 Å². The first-order chi connectivity index (χ1) is 14.6. The molecule has 1 heterocycles. The van der Waals surface area contributed by atoms with Gasteiger partial charge in [0.05, 0.1) is 4.90 Å². The molecule has 0 spiro atoms. The zero-order valence-corrected chi connectivity index (χ0v) is 19.7. The van der Waals surface area contributed by atoms with Crippen molar-refractivity contribution in [2.45, 2.75) is 52.0 Å². The molecule has 1 fully saturated rings. The molecular weight excluding hydrogens is 412 g/mol. The Bertz CT molecular complexity index is 1020. The number of aryl methyl sites for hydroxylation is 1. The van der Waals surface area contributed by atoms with Gasteiger partial charge >= 0.3 is 0 Å². The van der Waals surface area contributed by atoms with Crippen molar-refractivity contribution in [2.75, 3.05) is 18.4 Å². The van der Waals surface area contributed by atoms with Crippen LogP contribution in [0.3, 0.4) is 0 Å². The molecule has 7 heteroatoms. The van der Waals surface area contributed by atoms with E-state index in [0.717, 1.165) is 17.5 Å². The van der Waals surface area contributed by atoms with E-state index in [0.29, 0.717) is 36.4 Å². The van der Waals surface area contributed by atoms with Gasteiger partial charge in [-0.05, 0) is 80.5 Å². The Morgan fingerprint density at radius 3 is 2.29 bits per heavy atom. The third-order valence-electron chi connectivity index (χ3n) is 5.82. The lowest BCUT2D eigenvalue weighted by atomic mass is 9.94. The molecule has 0 radical (unpaired) electrons. The SMILES string of the molecule is Cc1cccc(O[C@H](C)C(=O)Nc2ccc(S(=O)(=O)N3C[C@@H](C)C[C@H](C)C3)cc2)c1C. The van der Waals surface area contributed by atoms with Gasteiger partial charge in [-0.15, -0.1) is 0 Å². The van der Waals surface area contributed by atoms with Gasteiger partial charge in [-0.2, -0.15) is 4.31 Å². The van der Waals surface area contributed by atoms with Gasteiger partial charge in [0.1, 0.15) is 5.75 Å². The number of sulfonamides is 1. The Labute approximate surface area is 185 Å². The number of piperidine rings is 1. The third-order valence-corrected chi connectivity index (χ3v) is 7.67. The van der Waals surface area contributed by atoms with Gasteiger partial charge in [-0.25, -0.2) is 8.42 Å². The van der Waals surface area contributed by atoms with Crippen LogP contribution in [0.1, 0.15) is 38.3 Å².